The Hall–Kier alpha value is -3.32. The van der Waals surface area contributed by atoms with Crippen molar-refractivity contribution in [2.24, 2.45) is 0 Å². The molecule has 2 aromatic carbocycles. The molecule has 1 unspecified atom stereocenters. The number of aliphatic hydroxyl groups is 1. The Morgan fingerprint density at radius 2 is 1.82 bits per heavy atom. The summed E-state index contributed by atoms with van der Waals surface area (Å²) in [6.07, 6.45) is 0. The molecule has 0 saturated carbocycles. The van der Waals surface area contributed by atoms with Crippen molar-refractivity contribution in [2.75, 3.05) is 34.0 Å². The maximum Gasteiger partial charge on any atom is 0.295 e. The summed E-state index contributed by atoms with van der Waals surface area (Å²) in [6.45, 7) is 8.97. The molecule has 3 rings (SSSR count). The van der Waals surface area contributed by atoms with Gasteiger partial charge in [0.2, 0.25) is 0 Å². The predicted octanol–water partition coefficient (Wildman–Crippen LogP) is 4.46. The number of hydrogen-bond acceptors (Lipinski definition) is 6. The first kappa shape index (κ1) is 25.3. The zero-order valence-corrected chi connectivity index (χ0v) is 20.7. The van der Waals surface area contributed by atoms with E-state index in [1.807, 2.05) is 31.2 Å². The van der Waals surface area contributed by atoms with E-state index >= 15 is 0 Å². The summed E-state index contributed by atoms with van der Waals surface area (Å²) >= 11 is 0. The van der Waals surface area contributed by atoms with Crippen LogP contribution in [0.5, 0.6) is 11.5 Å². The third-order valence-electron chi connectivity index (χ3n) is 5.88. The van der Waals surface area contributed by atoms with Crippen molar-refractivity contribution in [3.63, 3.8) is 0 Å². The molecule has 1 aliphatic heterocycles. The van der Waals surface area contributed by atoms with Gasteiger partial charge >= 0.3 is 0 Å². The Balaban J connectivity index is 2.25. The number of ether oxygens (including phenoxy) is 3. The van der Waals surface area contributed by atoms with Crippen molar-refractivity contribution in [3.05, 3.63) is 64.7 Å². The highest BCUT2D eigenvalue weighted by Gasteiger charge is 2.46. The smallest absolute Gasteiger partial charge is 0.295 e. The summed E-state index contributed by atoms with van der Waals surface area (Å²) in [7, 11) is 3.03. The van der Waals surface area contributed by atoms with Crippen LogP contribution in [0.3, 0.4) is 0 Å². The lowest BCUT2D eigenvalue weighted by molar-refractivity contribution is -0.140. The fourth-order valence-corrected chi connectivity index (χ4v) is 4.09. The Labute approximate surface area is 200 Å². The zero-order valence-electron chi connectivity index (χ0n) is 20.7. The number of rotatable bonds is 8. The Morgan fingerprint density at radius 1 is 1.09 bits per heavy atom. The van der Waals surface area contributed by atoms with E-state index in [1.54, 1.807) is 18.2 Å². The summed E-state index contributed by atoms with van der Waals surface area (Å²) in [5, 5.41) is 11.5. The average Bonchev–Trinajstić information content (AvgIpc) is 3.06. The van der Waals surface area contributed by atoms with Crippen molar-refractivity contribution in [3.8, 4) is 11.5 Å². The van der Waals surface area contributed by atoms with Gasteiger partial charge in [-0.05, 0) is 47.7 Å². The largest absolute Gasteiger partial charge is 0.507 e. The fourth-order valence-electron chi connectivity index (χ4n) is 4.09. The van der Waals surface area contributed by atoms with E-state index in [9.17, 15) is 14.7 Å². The number of benzene rings is 2. The molecule has 1 saturated heterocycles. The number of nitrogens with zero attached hydrogens (tertiary/aromatic N) is 1. The number of likely N-dealkylation sites (tertiary alicyclic amines) is 1. The van der Waals surface area contributed by atoms with Gasteiger partial charge in [-0.3, -0.25) is 9.59 Å². The lowest BCUT2D eigenvalue weighted by atomic mass is 9.85. The Bertz CT molecular complexity index is 1100. The molecule has 2 aromatic rings. The van der Waals surface area contributed by atoms with E-state index in [2.05, 4.69) is 20.8 Å². The third-order valence-corrected chi connectivity index (χ3v) is 5.88. The van der Waals surface area contributed by atoms with E-state index in [0.29, 0.717) is 29.2 Å². The molecule has 1 amide bonds. The van der Waals surface area contributed by atoms with Crippen LogP contribution in [0.25, 0.3) is 5.76 Å². The second kappa shape index (κ2) is 10.3. The molecule has 0 aliphatic carbocycles. The van der Waals surface area contributed by atoms with Gasteiger partial charge in [-0.15, -0.1) is 0 Å². The highest BCUT2D eigenvalue weighted by Crippen LogP contribution is 2.42. The van der Waals surface area contributed by atoms with Crippen molar-refractivity contribution in [2.45, 2.75) is 39.2 Å². The highest BCUT2D eigenvalue weighted by atomic mass is 16.5. The highest BCUT2D eigenvalue weighted by molar-refractivity contribution is 6.46. The van der Waals surface area contributed by atoms with Gasteiger partial charge in [0.25, 0.3) is 11.7 Å². The molecule has 182 valence electrons. The third kappa shape index (κ3) is 4.94. The second-order valence-electron chi connectivity index (χ2n) is 9.16. The quantitative estimate of drug-likeness (QED) is 0.351. The first-order valence-electron chi connectivity index (χ1n) is 11.3. The van der Waals surface area contributed by atoms with Gasteiger partial charge in [-0.25, -0.2) is 0 Å². The normalized spacial score (nSPS) is 17.8. The topological polar surface area (TPSA) is 85.3 Å². The number of carbonyl (C=O) groups is 2. The molecule has 0 bridgehead atoms. The van der Waals surface area contributed by atoms with E-state index in [0.717, 1.165) is 5.56 Å². The molecule has 1 aliphatic rings. The number of methoxy groups -OCH3 is 2. The SMILES string of the molecule is CCOc1cccc(C2/C(=C(\O)c3cc(C(C)(C)C)ccc3OC)C(=O)C(=O)N2CCOC)c1. The number of amides is 1. The van der Waals surface area contributed by atoms with E-state index in [-0.39, 0.29) is 29.9 Å². The molecular formula is C27H33NO6. The van der Waals surface area contributed by atoms with Gasteiger partial charge in [0.15, 0.2) is 0 Å². The van der Waals surface area contributed by atoms with Crippen molar-refractivity contribution in [1.29, 1.82) is 0 Å². The molecule has 1 atom stereocenters. The minimum Gasteiger partial charge on any atom is -0.507 e. The van der Waals surface area contributed by atoms with Crippen molar-refractivity contribution < 1.29 is 28.9 Å². The predicted molar refractivity (Wildman–Crippen MR) is 130 cm³/mol. The van der Waals surface area contributed by atoms with Crippen molar-refractivity contribution >= 4 is 17.4 Å². The number of hydrogen-bond donors (Lipinski definition) is 1. The van der Waals surface area contributed by atoms with Gasteiger partial charge in [0.1, 0.15) is 17.3 Å². The molecule has 7 nitrogen and oxygen atoms in total. The summed E-state index contributed by atoms with van der Waals surface area (Å²) < 4.78 is 16.3. The molecule has 0 aromatic heterocycles. The molecule has 0 radical (unpaired) electrons. The van der Waals surface area contributed by atoms with E-state index in [1.165, 1.54) is 19.1 Å². The lowest BCUT2D eigenvalue weighted by Gasteiger charge is -2.26. The fraction of sp³-hybridized carbons (Fsp3) is 0.407. The maximum absolute atomic E-state index is 13.2. The summed E-state index contributed by atoms with van der Waals surface area (Å²) in [6, 6.07) is 11.9. The van der Waals surface area contributed by atoms with Crippen LogP contribution in [0.4, 0.5) is 0 Å². The molecule has 7 heteroatoms. The number of carbonyl (C=O) groups excluding carboxylic acids is 2. The molecule has 1 heterocycles. The number of ketones is 1. The minimum atomic E-state index is -0.793. The Kier molecular flexibility index (Phi) is 7.67. The Morgan fingerprint density at radius 3 is 2.44 bits per heavy atom. The van der Waals surface area contributed by atoms with Crippen LogP contribution in [-0.4, -0.2) is 55.7 Å². The molecule has 34 heavy (non-hydrogen) atoms. The van der Waals surface area contributed by atoms with Crippen LogP contribution < -0.4 is 9.47 Å². The van der Waals surface area contributed by atoms with Gasteiger partial charge in [-0.1, -0.05) is 39.0 Å². The van der Waals surface area contributed by atoms with Gasteiger partial charge in [-0.2, -0.15) is 0 Å². The van der Waals surface area contributed by atoms with Crippen LogP contribution in [-0.2, 0) is 19.7 Å². The summed E-state index contributed by atoms with van der Waals surface area (Å²) in [4.78, 5) is 27.7. The van der Waals surface area contributed by atoms with Crippen LogP contribution in [0, 0.1) is 0 Å². The second-order valence-corrected chi connectivity index (χ2v) is 9.16. The van der Waals surface area contributed by atoms with Gasteiger partial charge in [0.05, 0.1) is 37.5 Å². The monoisotopic (exact) mass is 467 g/mol. The standard InChI is InChI=1S/C27H33NO6/c1-7-34-19-10-8-9-17(15-19)23-22(25(30)26(31)28(23)13-14-32-5)24(29)20-16-18(27(2,3)4)11-12-21(20)33-6/h8-12,15-16,23,29H,7,13-14H2,1-6H3/b24-22+. The molecular weight excluding hydrogens is 434 g/mol. The van der Waals surface area contributed by atoms with E-state index < -0.39 is 17.7 Å². The first-order valence-corrected chi connectivity index (χ1v) is 11.3. The zero-order chi connectivity index (χ0) is 25.0. The van der Waals surface area contributed by atoms with Crippen LogP contribution >= 0.6 is 0 Å². The van der Waals surface area contributed by atoms with Crippen LogP contribution in [0.15, 0.2) is 48.0 Å². The lowest BCUT2D eigenvalue weighted by Crippen LogP contribution is -2.32. The number of Topliss-reactive ketones (excluding diaryl/α,β-unsaturated/α-hetero) is 1. The number of aliphatic hydroxyl groups excluding tert-OH is 1. The summed E-state index contributed by atoms with van der Waals surface area (Å²) in [5.41, 5.74) is 1.80. The average molecular weight is 468 g/mol. The maximum atomic E-state index is 13.2. The van der Waals surface area contributed by atoms with E-state index in [4.69, 9.17) is 14.2 Å². The molecule has 1 fully saturated rings. The molecule has 1 N–H and O–H groups in total. The van der Waals surface area contributed by atoms with Gasteiger partial charge in [0, 0.05) is 13.7 Å². The first-order chi connectivity index (χ1) is 16.1. The molecule has 0 spiro atoms. The minimum absolute atomic E-state index is 0.0131. The van der Waals surface area contributed by atoms with Crippen LogP contribution in [0.2, 0.25) is 0 Å². The van der Waals surface area contributed by atoms with Crippen molar-refractivity contribution in [1.82, 2.24) is 4.90 Å². The summed E-state index contributed by atoms with van der Waals surface area (Å²) in [5.74, 6) is -0.673. The van der Waals surface area contributed by atoms with Gasteiger partial charge < -0.3 is 24.2 Å². The van der Waals surface area contributed by atoms with Crippen LogP contribution in [0.1, 0.15) is 50.4 Å².